The van der Waals surface area contributed by atoms with Crippen LogP contribution in [-0.2, 0) is 19.3 Å². The molecule has 3 N–H and O–H groups in total. The fraction of sp³-hybridized carbons (Fsp3) is 0.263. The van der Waals surface area contributed by atoms with E-state index in [1.165, 1.54) is 16.7 Å². The van der Waals surface area contributed by atoms with Gasteiger partial charge in [0.1, 0.15) is 0 Å². The summed E-state index contributed by atoms with van der Waals surface area (Å²) in [5.41, 5.74) is 4.44. The van der Waals surface area contributed by atoms with Crippen molar-refractivity contribution in [2.24, 2.45) is 0 Å². The van der Waals surface area contributed by atoms with E-state index in [-0.39, 0.29) is 17.3 Å². The molecule has 2 aromatic heterocycles. The van der Waals surface area contributed by atoms with Gasteiger partial charge >= 0.3 is 0 Å². The minimum atomic E-state index is -0.0746. The average molecular weight is 337 g/mol. The zero-order chi connectivity index (χ0) is 17.4. The van der Waals surface area contributed by atoms with Crippen LogP contribution >= 0.6 is 0 Å². The van der Waals surface area contributed by atoms with Crippen molar-refractivity contribution in [1.29, 1.82) is 0 Å². The zero-order valence-corrected chi connectivity index (χ0v) is 13.7. The first-order valence-electron chi connectivity index (χ1n) is 8.42. The van der Waals surface area contributed by atoms with Gasteiger partial charge in [0, 0.05) is 24.1 Å². The van der Waals surface area contributed by atoms with E-state index in [4.69, 9.17) is 0 Å². The molecular weight excluding hydrogens is 318 g/mol. The smallest absolute Gasteiger partial charge is 0.267 e. The summed E-state index contributed by atoms with van der Waals surface area (Å²) in [7, 11) is 0. The summed E-state index contributed by atoms with van der Waals surface area (Å²) in [5, 5.41) is 26.7. The number of aromatic nitrogens is 3. The van der Waals surface area contributed by atoms with Gasteiger partial charge < -0.3 is 10.2 Å². The lowest BCUT2D eigenvalue weighted by molar-refractivity contribution is 0.402. The molecule has 0 fully saturated rings. The molecular formula is C19H19N3O3. The third kappa shape index (κ3) is 2.80. The molecule has 1 aliphatic carbocycles. The first kappa shape index (κ1) is 15.5. The second-order valence-electron chi connectivity index (χ2n) is 6.40. The Hall–Kier alpha value is -3.02. The number of H-pyrrole nitrogens is 1. The van der Waals surface area contributed by atoms with Crippen molar-refractivity contribution in [2.45, 2.75) is 32.1 Å². The molecule has 0 atom stereocenters. The van der Waals surface area contributed by atoms with Crippen molar-refractivity contribution in [1.82, 2.24) is 14.8 Å². The zero-order valence-electron chi connectivity index (χ0n) is 13.7. The van der Waals surface area contributed by atoms with Gasteiger partial charge in [0.2, 0.25) is 0 Å². The van der Waals surface area contributed by atoms with Gasteiger partial charge in [-0.05, 0) is 48.9 Å². The lowest BCUT2D eigenvalue weighted by Crippen LogP contribution is -2.23. The Morgan fingerprint density at radius 2 is 1.76 bits per heavy atom. The molecule has 2 heterocycles. The van der Waals surface area contributed by atoms with Crippen molar-refractivity contribution in [3.63, 3.8) is 0 Å². The molecule has 1 aromatic carbocycles. The largest absolute Gasteiger partial charge is 0.494 e. The predicted octanol–water partition coefficient (Wildman–Crippen LogP) is 2.44. The Balaban J connectivity index is 1.71. The molecule has 0 saturated carbocycles. The number of hydrogen-bond donors (Lipinski definition) is 3. The maximum atomic E-state index is 12.0. The minimum absolute atomic E-state index is 0.0193. The van der Waals surface area contributed by atoms with Gasteiger partial charge in [-0.1, -0.05) is 12.1 Å². The molecule has 128 valence electrons. The van der Waals surface area contributed by atoms with Crippen molar-refractivity contribution < 1.29 is 10.2 Å². The topological polar surface area (TPSA) is 91.1 Å². The maximum Gasteiger partial charge on any atom is 0.267 e. The lowest BCUT2D eigenvalue weighted by Gasteiger charge is -2.17. The third-order valence-corrected chi connectivity index (χ3v) is 4.76. The maximum absolute atomic E-state index is 12.0. The predicted molar refractivity (Wildman–Crippen MR) is 93.4 cm³/mol. The Morgan fingerprint density at radius 3 is 2.52 bits per heavy atom. The summed E-state index contributed by atoms with van der Waals surface area (Å²) in [6.45, 7) is 0. The van der Waals surface area contributed by atoms with E-state index in [1.54, 1.807) is 0 Å². The van der Waals surface area contributed by atoms with Gasteiger partial charge in [-0.2, -0.15) is 5.10 Å². The highest BCUT2D eigenvalue weighted by atomic mass is 16.3. The quantitative estimate of drug-likeness (QED) is 0.684. The molecule has 0 amide bonds. The second kappa shape index (κ2) is 6.12. The number of fused-ring (bicyclic) bond motifs is 1. The van der Waals surface area contributed by atoms with Crippen LogP contribution in [0.3, 0.4) is 0 Å². The summed E-state index contributed by atoms with van der Waals surface area (Å²) in [6.07, 6.45) is 4.42. The Morgan fingerprint density at radius 1 is 1.04 bits per heavy atom. The molecule has 1 aliphatic rings. The van der Waals surface area contributed by atoms with Crippen LogP contribution in [-0.4, -0.2) is 25.0 Å². The van der Waals surface area contributed by atoms with Gasteiger partial charge in [-0.3, -0.25) is 9.36 Å². The van der Waals surface area contributed by atoms with Crippen LogP contribution in [0, 0.1) is 0 Å². The first-order valence-corrected chi connectivity index (χ1v) is 8.42. The summed E-state index contributed by atoms with van der Waals surface area (Å²) >= 11 is 0. The van der Waals surface area contributed by atoms with Crippen molar-refractivity contribution in [2.75, 3.05) is 0 Å². The number of nitrogens with zero attached hydrogens (tertiary/aromatic N) is 2. The summed E-state index contributed by atoms with van der Waals surface area (Å²) in [4.78, 5) is 12.0. The highest BCUT2D eigenvalue weighted by Crippen LogP contribution is 2.28. The van der Waals surface area contributed by atoms with Crippen LogP contribution in [0.25, 0.3) is 5.69 Å². The van der Waals surface area contributed by atoms with Gasteiger partial charge in [0.25, 0.3) is 5.56 Å². The summed E-state index contributed by atoms with van der Waals surface area (Å²) in [6, 6.07) is 10.5. The molecule has 25 heavy (non-hydrogen) atoms. The molecule has 0 bridgehead atoms. The van der Waals surface area contributed by atoms with Crippen LogP contribution in [0.1, 0.15) is 35.2 Å². The summed E-state index contributed by atoms with van der Waals surface area (Å²) < 4.78 is 1.37. The SMILES string of the molecule is O=c1[nH]nc(Cc2cccc(-n3c(O)ccc3O)c2)c2c1CCCC2. The molecule has 0 spiro atoms. The van der Waals surface area contributed by atoms with Gasteiger partial charge in [0.15, 0.2) is 11.8 Å². The van der Waals surface area contributed by atoms with Crippen LogP contribution in [0.2, 0.25) is 0 Å². The van der Waals surface area contributed by atoms with Crippen molar-refractivity contribution >= 4 is 0 Å². The first-order chi connectivity index (χ1) is 12.1. The molecule has 6 heteroatoms. The minimum Gasteiger partial charge on any atom is -0.494 e. The number of aromatic hydroxyl groups is 2. The monoisotopic (exact) mass is 337 g/mol. The molecule has 0 aliphatic heterocycles. The fourth-order valence-electron chi connectivity index (χ4n) is 3.55. The van der Waals surface area contributed by atoms with Crippen LogP contribution in [0.4, 0.5) is 0 Å². The number of nitrogens with one attached hydrogen (secondary N) is 1. The molecule has 0 unspecified atom stereocenters. The Labute approximate surface area is 144 Å². The van der Waals surface area contributed by atoms with Gasteiger partial charge in [-0.25, -0.2) is 5.10 Å². The van der Waals surface area contributed by atoms with Crippen molar-refractivity contribution in [3.8, 4) is 17.4 Å². The van der Waals surface area contributed by atoms with E-state index in [9.17, 15) is 15.0 Å². The normalized spacial score (nSPS) is 13.6. The second-order valence-corrected chi connectivity index (χ2v) is 6.40. The molecule has 4 rings (SSSR count). The summed E-state index contributed by atoms with van der Waals surface area (Å²) in [5.74, 6) is -0.0385. The van der Waals surface area contributed by atoms with E-state index in [1.807, 2.05) is 24.3 Å². The Bertz CT molecular complexity index is 968. The number of hydrogen-bond acceptors (Lipinski definition) is 4. The molecule has 3 aromatic rings. The molecule has 0 radical (unpaired) electrons. The number of rotatable bonds is 3. The van der Waals surface area contributed by atoms with Crippen LogP contribution in [0.5, 0.6) is 11.8 Å². The van der Waals surface area contributed by atoms with E-state index in [0.29, 0.717) is 12.1 Å². The fourth-order valence-corrected chi connectivity index (χ4v) is 3.55. The van der Waals surface area contributed by atoms with E-state index >= 15 is 0 Å². The van der Waals surface area contributed by atoms with Crippen molar-refractivity contribution in [3.05, 3.63) is 69.1 Å². The highest BCUT2D eigenvalue weighted by molar-refractivity contribution is 5.45. The van der Waals surface area contributed by atoms with E-state index < -0.39 is 0 Å². The van der Waals surface area contributed by atoms with Gasteiger partial charge in [-0.15, -0.1) is 0 Å². The standard InChI is InChI=1S/C19H19N3O3/c23-17-8-9-18(24)22(17)13-5-3-4-12(10-13)11-16-14-6-1-2-7-15(14)19(25)21-20-16/h3-5,8-10,23-24H,1-2,6-7,11H2,(H,21,25). The lowest BCUT2D eigenvalue weighted by atomic mass is 9.90. The van der Waals surface area contributed by atoms with E-state index in [2.05, 4.69) is 10.2 Å². The number of aromatic amines is 1. The highest BCUT2D eigenvalue weighted by Gasteiger charge is 2.18. The number of benzene rings is 1. The van der Waals surface area contributed by atoms with Crippen LogP contribution < -0.4 is 5.56 Å². The average Bonchev–Trinajstić information content (AvgIpc) is 2.96. The molecule has 6 nitrogen and oxygen atoms in total. The molecule has 0 saturated heterocycles. The Kier molecular flexibility index (Phi) is 3.80. The van der Waals surface area contributed by atoms with Gasteiger partial charge in [0.05, 0.1) is 11.4 Å². The third-order valence-electron chi connectivity index (χ3n) is 4.76. The van der Waals surface area contributed by atoms with Crippen LogP contribution in [0.15, 0.2) is 41.2 Å². The van der Waals surface area contributed by atoms with E-state index in [0.717, 1.165) is 48.1 Å².